The zero-order valence-electron chi connectivity index (χ0n) is 14.8. The zero-order chi connectivity index (χ0) is 18.4. The fourth-order valence-electron chi connectivity index (χ4n) is 2.51. The van der Waals surface area contributed by atoms with E-state index in [4.69, 9.17) is 9.15 Å². The van der Waals surface area contributed by atoms with E-state index in [2.05, 4.69) is 5.32 Å². The number of thiophene rings is 1. The van der Waals surface area contributed by atoms with Gasteiger partial charge < -0.3 is 19.4 Å². The number of urea groups is 1. The molecule has 0 aliphatic carbocycles. The molecule has 0 saturated carbocycles. The second kappa shape index (κ2) is 8.69. The van der Waals surface area contributed by atoms with E-state index >= 15 is 0 Å². The molecule has 5 nitrogen and oxygen atoms in total. The van der Waals surface area contributed by atoms with E-state index in [-0.39, 0.29) is 12.1 Å². The molecule has 1 atom stereocenters. The van der Waals surface area contributed by atoms with Crippen molar-refractivity contribution in [3.8, 4) is 0 Å². The predicted octanol–water partition coefficient (Wildman–Crippen LogP) is 5.28. The van der Waals surface area contributed by atoms with Crippen LogP contribution in [0.3, 0.4) is 0 Å². The minimum atomic E-state index is -0.139. The van der Waals surface area contributed by atoms with Crippen molar-refractivity contribution >= 4 is 23.1 Å². The summed E-state index contributed by atoms with van der Waals surface area (Å²) >= 11 is 1.65. The number of hydrogen-bond donors (Lipinski definition) is 1. The Hall–Kier alpha value is -2.57. The van der Waals surface area contributed by atoms with E-state index in [1.54, 1.807) is 29.5 Å². The highest BCUT2D eigenvalue weighted by Crippen LogP contribution is 2.24. The zero-order valence-corrected chi connectivity index (χ0v) is 15.7. The highest BCUT2D eigenvalue weighted by atomic mass is 32.1. The summed E-state index contributed by atoms with van der Waals surface area (Å²) < 4.78 is 10.9. The number of benzene rings is 1. The number of nitrogens with one attached hydrogen (secondary N) is 1. The number of furan rings is 1. The molecule has 0 aliphatic heterocycles. The van der Waals surface area contributed by atoms with Crippen LogP contribution < -0.4 is 5.32 Å². The van der Waals surface area contributed by atoms with E-state index in [0.29, 0.717) is 13.2 Å². The molecular formula is C20H22N2O3S. The molecule has 0 spiro atoms. The standard InChI is InChI=1S/C20H22N2O3S/c1-15(19-9-5-11-26-19)22(2)20(23)21-17-7-3-6-16(12-17)13-24-14-18-8-4-10-25-18/h3-12,15H,13-14H2,1-2H3,(H,21,23)/t15-/m1/s1. The van der Waals surface area contributed by atoms with Gasteiger partial charge in [-0.25, -0.2) is 4.79 Å². The molecule has 0 unspecified atom stereocenters. The second-order valence-corrected chi connectivity index (χ2v) is 6.98. The maximum absolute atomic E-state index is 12.5. The molecule has 2 heterocycles. The predicted molar refractivity (Wildman–Crippen MR) is 103 cm³/mol. The average molecular weight is 370 g/mol. The van der Waals surface area contributed by atoms with Gasteiger partial charge in [-0.1, -0.05) is 18.2 Å². The van der Waals surface area contributed by atoms with Gasteiger partial charge in [-0.15, -0.1) is 11.3 Å². The summed E-state index contributed by atoms with van der Waals surface area (Å²) in [6.07, 6.45) is 1.63. The molecule has 26 heavy (non-hydrogen) atoms. The van der Waals surface area contributed by atoms with Crippen LogP contribution in [-0.2, 0) is 18.0 Å². The molecule has 3 rings (SSSR count). The number of amides is 2. The van der Waals surface area contributed by atoms with Crippen molar-refractivity contribution in [2.75, 3.05) is 12.4 Å². The minimum Gasteiger partial charge on any atom is -0.467 e. The van der Waals surface area contributed by atoms with Gasteiger partial charge in [0.15, 0.2) is 0 Å². The van der Waals surface area contributed by atoms with Crippen LogP contribution in [0, 0.1) is 0 Å². The minimum absolute atomic E-state index is 0.0230. The fraction of sp³-hybridized carbons (Fsp3) is 0.250. The SMILES string of the molecule is C[C@H](c1cccs1)N(C)C(=O)Nc1cccc(COCc2ccco2)c1. The van der Waals surface area contributed by atoms with Crippen LogP contribution in [0.1, 0.15) is 29.2 Å². The summed E-state index contributed by atoms with van der Waals surface area (Å²) in [5.74, 6) is 0.790. The van der Waals surface area contributed by atoms with Crippen molar-refractivity contribution in [2.45, 2.75) is 26.2 Å². The van der Waals surface area contributed by atoms with Gasteiger partial charge in [0, 0.05) is 17.6 Å². The van der Waals surface area contributed by atoms with Crippen molar-refractivity contribution in [1.29, 1.82) is 0 Å². The van der Waals surface area contributed by atoms with Crippen LogP contribution in [0.4, 0.5) is 10.5 Å². The van der Waals surface area contributed by atoms with Crippen molar-refractivity contribution < 1.29 is 13.9 Å². The van der Waals surface area contributed by atoms with E-state index in [9.17, 15) is 4.79 Å². The van der Waals surface area contributed by atoms with E-state index < -0.39 is 0 Å². The van der Waals surface area contributed by atoms with Gasteiger partial charge in [0.25, 0.3) is 0 Å². The molecule has 0 saturated heterocycles. The summed E-state index contributed by atoms with van der Waals surface area (Å²) in [6, 6.07) is 15.3. The van der Waals surface area contributed by atoms with Gasteiger partial charge in [-0.2, -0.15) is 0 Å². The first-order chi connectivity index (χ1) is 12.6. The van der Waals surface area contributed by atoms with Gasteiger partial charge in [-0.05, 0) is 48.2 Å². The van der Waals surface area contributed by atoms with Gasteiger partial charge in [0.1, 0.15) is 12.4 Å². The summed E-state index contributed by atoms with van der Waals surface area (Å²) in [6.45, 7) is 2.89. The Morgan fingerprint density at radius 3 is 2.85 bits per heavy atom. The fourth-order valence-corrected chi connectivity index (χ4v) is 3.34. The van der Waals surface area contributed by atoms with Crippen molar-refractivity contribution in [2.24, 2.45) is 0 Å². The van der Waals surface area contributed by atoms with Crippen LogP contribution in [-0.4, -0.2) is 18.0 Å². The quantitative estimate of drug-likeness (QED) is 0.615. The Labute approximate surface area is 157 Å². The van der Waals surface area contributed by atoms with Gasteiger partial charge in [0.2, 0.25) is 0 Å². The molecule has 136 valence electrons. The van der Waals surface area contributed by atoms with Gasteiger partial charge in [-0.3, -0.25) is 0 Å². The summed E-state index contributed by atoms with van der Waals surface area (Å²) in [5, 5.41) is 4.96. The molecule has 1 N–H and O–H groups in total. The first kappa shape index (κ1) is 18.2. The number of carbonyl (C=O) groups is 1. The molecule has 0 aliphatic rings. The number of rotatable bonds is 7. The van der Waals surface area contributed by atoms with Crippen molar-refractivity contribution in [1.82, 2.24) is 4.90 Å². The molecule has 2 amide bonds. The third-order valence-corrected chi connectivity index (χ3v) is 5.17. The van der Waals surface area contributed by atoms with E-state index in [0.717, 1.165) is 21.9 Å². The molecule has 2 aromatic heterocycles. The Balaban J connectivity index is 1.54. The highest BCUT2D eigenvalue weighted by Gasteiger charge is 2.18. The van der Waals surface area contributed by atoms with Gasteiger partial charge >= 0.3 is 6.03 Å². The first-order valence-corrected chi connectivity index (χ1v) is 9.27. The van der Waals surface area contributed by atoms with Gasteiger partial charge in [0.05, 0.1) is 18.9 Å². The second-order valence-electron chi connectivity index (χ2n) is 6.00. The van der Waals surface area contributed by atoms with Crippen LogP contribution in [0.2, 0.25) is 0 Å². The summed E-state index contributed by atoms with van der Waals surface area (Å²) in [5.41, 5.74) is 1.74. The Bertz CT molecular complexity index is 815. The molecule has 0 fully saturated rings. The Morgan fingerprint density at radius 2 is 2.12 bits per heavy atom. The Kier molecular flexibility index (Phi) is 6.09. The third kappa shape index (κ3) is 4.74. The largest absolute Gasteiger partial charge is 0.467 e. The Morgan fingerprint density at radius 1 is 1.23 bits per heavy atom. The maximum atomic E-state index is 12.5. The number of ether oxygens (including phenoxy) is 1. The van der Waals surface area contributed by atoms with Crippen LogP contribution >= 0.6 is 11.3 Å². The average Bonchev–Trinajstić information content (AvgIpc) is 3.34. The molecule has 1 aromatic carbocycles. The smallest absolute Gasteiger partial charge is 0.322 e. The number of hydrogen-bond acceptors (Lipinski definition) is 4. The lowest BCUT2D eigenvalue weighted by Crippen LogP contribution is -2.33. The molecule has 0 radical (unpaired) electrons. The highest BCUT2D eigenvalue weighted by molar-refractivity contribution is 7.10. The van der Waals surface area contributed by atoms with Crippen LogP contribution in [0.15, 0.2) is 64.6 Å². The first-order valence-electron chi connectivity index (χ1n) is 8.40. The monoisotopic (exact) mass is 370 g/mol. The lowest BCUT2D eigenvalue weighted by Gasteiger charge is -2.24. The normalized spacial score (nSPS) is 11.9. The molecule has 3 aromatic rings. The van der Waals surface area contributed by atoms with E-state index in [1.807, 2.05) is 60.8 Å². The summed E-state index contributed by atoms with van der Waals surface area (Å²) in [4.78, 5) is 15.4. The lowest BCUT2D eigenvalue weighted by atomic mass is 10.2. The molecular weight excluding hydrogens is 348 g/mol. The maximum Gasteiger partial charge on any atom is 0.322 e. The number of nitrogens with zero attached hydrogens (tertiary/aromatic N) is 1. The lowest BCUT2D eigenvalue weighted by molar-refractivity contribution is 0.0930. The topological polar surface area (TPSA) is 54.7 Å². The van der Waals surface area contributed by atoms with E-state index in [1.165, 1.54) is 0 Å². The van der Waals surface area contributed by atoms with Crippen molar-refractivity contribution in [3.05, 3.63) is 76.4 Å². The summed E-state index contributed by atoms with van der Waals surface area (Å²) in [7, 11) is 1.80. The third-order valence-electron chi connectivity index (χ3n) is 4.13. The van der Waals surface area contributed by atoms with Crippen LogP contribution in [0.25, 0.3) is 0 Å². The van der Waals surface area contributed by atoms with Crippen molar-refractivity contribution in [3.63, 3.8) is 0 Å². The number of carbonyl (C=O) groups excluding carboxylic acids is 1. The number of anilines is 1. The molecule has 0 bridgehead atoms. The molecule has 6 heteroatoms. The van der Waals surface area contributed by atoms with Crippen LogP contribution in [0.5, 0.6) is 0 Å².